The van der Waals surface area contributed by atoms with Gasteiger partial charge in [-0.25, -0.2) is 8.42 Å². The normalized spacial score (nSPS) is 17.8. The Morgan fingerprint density at radius 2 is 1.81 bits per heavy atom. The monoisotopic (exact) mass is 311 g/mol. The zero-order valence-electron chi connectivity index (χ0n) is 12.9. The molecule has 0 amide bonds. The van der Waals surface area contributed by atoms with Crippen LogP contribution in [0.2, 0.25) is 0 Å². The van der Waals surface area contributed by atoms with Gasteiger partial charge in [0, 0.05) is 13.1 Å². The Balaban J connectivity index is 2.03. The summed E-state index contributed by atoms with van der Waals surface area (Å²) in [6.45, 7) is 6.20. The van der Waals surface area contributed by atoms with E-state index in [1.165, 1.54) is 0 Å². The molecule has 1 heterocycles. The van der Waals surface area contributed by atoms with Crippen molar-refractivity contribution >= 4 is 10.0 Å². The van der Waals surface area contributed by atoms with Crippen molar-refractivity contribution in [3.63, 3.8) is 0 Å². The lowest BCUT2D eigenvalue weighted by atomic mass is 10.0. The largest absolute Gasteiger partial charge is 0.494 e. The summed E-state index contributed by atoms with van der Waals surface area (Å²) in [6.07, 6.45) is 3.97. The van der Waals surface area contributed by atoms with Crippen LogP contribution in [0.25, 0.3) is 0 Å². The Morgan fingerprint density at radius 1 is 1.19 bits per heavy atom. The molecule has 21 heavy (non-hydrogen) atoms. The SMILES string of the molecule is CCCCOc1ccc(S(=O)(=O)N2CCC(C)CC2)cc1. The molecule has 0 N–H and O–H groups in total. The predicted octanol–water partition coefficient (Wildman–Crippen LogP) is 3.29. The van der Waals surface area contributed by atoms with E-state index in [9.17, 15) is 8.42 Å². The van der Waals surface area contributed by atoms with Gasteiger partial charge in [0.25, 0.3) is 0 Å². The molecule has 1 aromatic rings. The van der Waals surface area contributed by atoms with Crippen LogP contribution in [0.5, 0.6) is 5.75 Å². The minimum atomic E-state index is -3.35. The van der Waals surface area contributed by atoms with E-state index < -0.39 is 10.0 Å². The molecule has 0 radical (unpaired) electrons. The van der Waals surface area contributed by atoms with Crippen molar-refractivity contribution in [1.29, 1.82) is 0 Å². The summed E-state index contributed by atoms with van der Waals surface area (Å²) in [4.78, 5) is 0.361. The van der Waals surface area contributed by atoms with Crippen LogP contribution in [0, 0.1) is 5.92 Å². The summed E-state index contributed by atoms with van der Waals surface area (Å²) in [5.41, 5.74) is 0. The van der Waals surface area contributed by atoms with Crippen LogP contribution in [-0.2, 0) is 10.0 Å². The van der Waals surface area contributed by atoms with Gasteiger partial charge in [0.2, 0.25) is 10.0 Å². The maximum atomic E-state index is 12.6. The van der Waals surface area contributed by atoms with Crippen LogP contribution in [0.3, 0.4) is 0 Å². The molecule has 0 unspecified atom stereocenters. The first-order chi connectivity index (χ1) is 10.0. The van der Waals surface area contributed by atoms with Gasteiger partial charge in [-0.2, -0.15) is 4.31 Å². The average molecular weight is 311 g/mol. The van der Waals surface area contributed by atoms with Gasteiger partial charge in [0.05, 0.1) is 11.5 Å². The highest BCUT2D eigenvalue weighted by Crippen LogP contribution is 2.24. The molecule has 1 aromatic carbocycles. The van der Waals surface area contributed by atoms with Gasteiger partial charge < -0.3 is 4.74 Å². The number of nitrogens with zero attached hydrogens (tertiary/aromatic N) is 1. The molecular formula is C16H25NO3S. The first kappa shape index (κ1) is 16.3. The second-order valence-corrected chi connectivity index (χ2v) is 7.70. The summed E-state index contributed by atoms with van der Waals surface area (Å²) >= 11 is 0. The van der Waals surface area contributed by atoms with Gasteiger partial charge in [-0.1, -0.05) is 20.3 Å². The molecule has 0 bridgehead atoms. The number of rotatable bonds is 6. The molecule has 1 saturated heterocycles. The third-order valence-corrected chi connectivity index (χ3v) is 5.88. The fraction of sp³-hybridized carbons (Fsp3) is 0.625. The summed E-state index contributed by atoms with van der Waals surface area (Å²) in [7, 11) is -3.35. The molecule has 118 valence electrons. The predicted molar refractivity (Wildman–Crippen MR) is 84.0 cm³/mol. The van der Waals surface area contributed by atoms with Gasteiger partial charge in [0.15, 0.2) is 0 Å². The topological polar surface area (TPSA) is 46.6 Å². The molecule has 0 atom stereocenters. The Kier molecular flexibility index (Phi) is 5.65. The van der Waals surface area contributed by atoms with Crippen LogP contribution in [0.4, 0.5) is 0 Å². The molecule has 0 aliphatic carbocycles. The molecule has 0 aromatic heterocycles. The molecule has 0 saturated carbocycles. The minimum Gasteiger partial charge on any atom is -0.494 e. The second kappa shape index (κ2) is 7.27. The summed E-state index contributed by atoms with van der Waals surface area (Å²) in [5.74, 6) is 1.35. The van der Waals surface area contributed by atoms with Crippen LogP contribution >= 0.6 is 0 Å². The molecule has 4 nitrogen and oxygen atoms in total. The lowest BCUT2D eigenvalue weighted by Crippen LogP contribution is -2.37. The van der Waals surface area contributed by atoms with Crippen LogP contribution in [0.1, 0.15) is 39.5 Å². The van der Waals surface area contributed by atoms with Gasteiger partial charge >= 0.3 is 0 Å². The van der Waals surface area contributed by atoms with E-state index in [-0.39, 0.29) is 0 Å². The highest BCUT2D eigenvalue weighted by atomic mass is 32.2. The Labute approximate surface area is 128 Å². The van der Waals surface area contributed by atoms with E-state index in [1.807, 2.05) is 0 Å². The first-order valence-electron chi connectivity index (χ1n) is 7.77. The van der Waals surface area contributed by atoms with Crippen molar-refractivity contribution in [2.24, 2.45) is 5.92 Å². The van der Waals surface area contributed by atoms with Gasteiger partial charge in [-0.05, 0) is 49.4 Å². The molecule has 1 aliphatic rings. The molecule has 1 fully saturated rings. The first-order valence-corrected chi connectivity index (χ1v) is 9.21. The van der Waals surface area contributed by atoms with E-state index in [0.29, 0.717) is 30.5 Å². The van der Waals surface area contributed by atoms with Gasteiger partial charge in [-0.15, -0.1) is 0 Å². The fourth-order valence-corrected chi connectivity index (χ4v) is 3.89. The average Bonchev–Trinajstić information content (AvgIpc) is 2.48. The third kappa shape index (κ3) is 4.20. The smallest absolute Gasteiger partial charge is 0.243 e. The highest BCUT2D eigenvalue weighted by molar-refractivity contribution is 7.89. The highest BCUT2D eigenvalue weighted by Gasteiger charge is 2.27. The van der Waals surface area contributed by atoms with E-state index in [0.717, 1.165) is 31.4 Å². The van der Waals surface area contributed by atoms with Gasteiger partial charge in [0.1, 0.15) is 5.75 Å². The lowest BCUT2D eigenvalue weighted by molar-refractivity contribution is 0.288. The number of hydrogen-bond acceptors (Lipinski definition) is 3. The van der Waals surface area contributed by atoms with Crippen molar-refractivity contribution < 1.29 is 13.2 Å². The van der Waals surface area contributed by atoms with Crippen LogP contribution < -0.4 is 4.74 Å². The van der Waals surface area contributed by atoms with Gasteiger partial charge in [-0.3, -0.25) is 0 Å². The lowest BCUT2D eigenvalue weighted by Gasteiger charge is -2.29. The molecule has 1 aliphatic heterocycles. The van der Waals surface area contributed by atoms with Crippen molar-refractivity contribution in [3.8, 4) is 5.75 Å². The zero-order valence-corrected chi connectivity index (χ0v) is 13.7. The van der Waals surface area contributed by atoms with E-state index in [4.69, 9.17) is 4.74 Å². The summed E-state index contributed by atoms with van der Waals surface area (Å²) in [6, 6.07) is 6.79. The second-order valence-electron chi connectivity index (χ2n) is 5.76. The zero-order chi connectivity index (χ0) is 15.3. The maximum absolute atomic E-state index is 12.6. The number of hydrogen-bond donors (Lipinski definition) is 0. The Bertz CT molecular complexity index is 531. The van der Waals surface area contributed by atoms with Crippen molar-refractivity contribution in [3.05, 3.63) is 24.3 Å². The van der Waals surface area contributed by atoms with Crippen LogP contribution in [0.15, 0.2) is 29.2 Å². The van der Waals surface area contributed by atoms with Crippen molar-refractivity contribution in [1.82, 2.24) is 4.31 Å². The van der Waals surface area contributed by atoms with Crippen molar-refractivity contribution in [2.75, 3.05) is 19.7 Å². The number of sulfonamides is 1. The van der Waals surface area contributed by atoms with E-state index >= 15 is 0 Å². The number of ether oxygens (including phenoxy) is 1. The molecule has 2 rings (SSSR count). The molecule has 0 spiro atoms. The minimum absolute atomic E-state index is 0.361. The van der Waals surface area contributed by atoms with Crippen molar-refractivity contribution in [2.45, 2.75) is 44.4 Å². The Hall–Kier alpha value is -1.07. The fourth-order valence-electron chi connectivity index (χ4n) is 2.42. The molecule has 5 heteroatoms. The van der Waals surface area contributed by atoms with Crippen LogP contribution in [-0.4, -0.2) is 32.4 Å². The quantitative estimate of drug-likeness (QED) is 0.757. The van der Waals surface area contributed by atoms with E-state index in [1.54, 1.807) is 28.6 Å². The standard InChI is InChI=1S/C16H25NO3S/c1-3-4-13-20-15-5-7-16(8-6-15)21(18,19)17-11-9-14(2)10-12-17/h5-8,14H,3-4,9-13H2,1-2H3. The number of unbranched alkanes of at least 4 members (excludes halogenated alkanes) is 1. The summed E-state index contributed by atoms with van der Waals surface area (Å²) in [5, 5.41) is 0. The van der Waals surface area contributed by atoms with E-state index in [2.05, 4.69) is 13.8 Å². The number of benzene rings is 1. The molecular weight excluding hydrogens is 286 g/mol. The maximum Gasteiger partial charge on any atom is 0.243 e. The number of piperidine rings is 1. The summed E-state index contributed by atoms with van der Waals surface area (Å²) < 4.78 is 32.3. The third-order valence-electron chi connectivity index (χ3n) is 3.97. The Morgan fingerprint density at radius 3 is 2.38 bits per heavy atom.